The van der Waals surface area contributed by atoms with Crippen molar-refractivity contribution in [3.8, 4) is 0 Å². The first-order valence-corrected chi connectivity index (χ1v) is 11.3. The topological polar surface area (TPSA) is 74.7 Å². The predicted molar refractivity (Wildman–Crippen MR) is 112 cm³/mol. The Morgan fingerprint density at radius 2 is 1.71 bits per heavy atom. The van der Waals surface area contributed by atoms with Gasteiger partial charge in [0.1, 0.15) is 4.21 Å². The summed E-state index contributed by atoms with van der Waals surface area (Å²) in [5.41, 5.74) is 0.872. The Labute approximate surface area is 167 Å². The van der Waals surface area contributed by atoms with Gasteiger partial charge in [0.05, 0.1) is 5.57 Å². The molecule has 7 heteroatoms. The molecule has 1 aliphatic rings. The van der Waals surface area contributed by atoms with Gasteiger partial charge in [0.25, 0.3) is 10.0 Å². The molecule has 0 unspecified atom stereocenters. The molecular weight excluding hydrogens is 394 g/mol. The fourth-order valence-corrected chi connectivity index (χ4v) is 6.41. The molecule has 5 nitrogen and oxygen atoms in total. The summed E-state index contributed by atoms with van der Waals surface area (Å²) in [5, 5.41) is 11.7. The maximum Gasteiger partial charge on any atom is 0.337 e. The van der Waals surface area contributed by atoms with Crippen LogP contribution in [0.5, 0.6) is 0 Å². The molecule has 0 amide bonds. The van der Waals surface area contributed by atoms with E-state index in [2.05, 4.69) is 0 Å². The minimum atomic E-state index is -3.55. The van der Waals surface area contributed by atoms with Crippen LogP contribution >= 0.6 is 11.3 Å². The van der Waals surface area contributed by atoms with E-state index in [-0.39, 0.29) is 9.78 Å². The highest BCUT2D eigenvalue weighted by atomic mass is 32.2. The summed E-state index contributed by atoms with van der Waals surface area (Å²) in [5.74, 6) is -1.08. The van der Waals surface area contributed by atoms with Crippen LogP contribution in [0.15, 0.2) is 58.8 Å². The molecule has 0 bridgehead atoms. The number of benzene rings is 2. The van der Waals surface area contributed by atoms with Gasteiger partial charge < -0.3 is 5.11 Å². The third kappa shape index (κ3) is 3.48. The van der Waals surface area contributed by atoms with Gasteiger partial charge >= 0.3 is 5.97 Å². The van der Waals surface area contributed by atoms with Gasteiger partial charge in [-0.15, -0.1) is 11.3 Å². The van der Waals surface area contributed by atoms with Gasteiger partial charge in [-0.2, -0.15) is 4.31 Å². The van der Waals surface area contributed by atoms with Crippen LogP contribution in [0, 0.1) is 0 Å². The maximum absolute atomic E-state index is 12.7. The van der Waals surface area contributed by atoms with Crippen LogP contribution < -0.4 is 0 Å². The predicted octanol–water partition coefficient (Wildman–Crippen LogP) is 4.31. The van der Waals surface area contributed by atoms with Crippen LogP contribution in [-0.4, -0.2) is 36.9 Å². The molecule has 0 atom stereocenters. The van der Waals surface area contributed by atoms with Gasteiger partial charge in [0.2, 0.25) is 0 Å². The summed E-state index contributed by atoms with van der Waals surface area (Å²) in [7, 11) is -3.55. The Morgan fingerprint density at radius 3 is 2.46 bits per heavy atom. The normalized spacial score (nSPS) is 15.9. The molecule has 2 aromatic carbocycles. The van der Waals surface area contributed by atoms with Crippen molar-refractivity contribution in [1.29, 1.82) is 0 Å². The number of carboxylic acids is 1. The van der Waals surface area contributed by atoms with Gasteiger partial charge in [-0.3, -0.25) is 0 Å². The number of carboxylic acid groups (broad SMARTS) is 1. The molecule has 144 valence electrons. The van der Waals surface area contributed by atoms with Crippen LogP contribution in [0.4, 0.5) is 0 Å². The van der Waals surface area contributed by atoms with Crippen molar-refractivity contribution < 1.29 is 18.3 Å². The lowest BCUT2D eigenvalue weighted by molar-refractivity contribution is -0.130. The van der Waals surface area contributed by atoms with Crippen molar-refractivity contribution in [2.75, 3.05) is 13.1 Å². The Bertz CT molecular complexity index is 1170. The summed E-state index contributed by atoms with van der Waals surface area (Å²) in [6.45, 7) is 1.04. The van der Waals surface area contributed by atoms with Crippen molar-refractivity contribution in [2.24, 2.45) is 0 Å². The number of fused-ring (bicyclic) bond motifs is 1. The zero-order chi connectivity index (χ0) is 19.7. The summed E-state index contributed by atoms with van der Waals surface area (Å²) in [6.07, 6.45) is 3.33. The molecule has 1 N–H and O–H groups in total. The van der Waals surface area contributed by atoms with Crippen LogP contribution in [0.2, 0.25) is 0 Å². The van der Waals surface area contributed by atoms with Crippen LogP contribution in [0.1, 0.15) is 23.3 Å². The van der Waals surface area contributed by atoms with Gasteiger partial charge in [0, 0.05) is 18.0 Å². The maximum atomic E-state index is 12.7. The molecule has 1 saturated heterocycles. The van der Waals surface area contributed by atoms with Gasteiger partial charge in [0.15, 0.2) is 0 Å². The first-order chi connectivity index (χ1) is 13.5. The highest BCUT2D eigenvalue weighted by Gasteiger charge is 2.29. The quantitative estimate of drug-likeness (QED) is 0.633. The molecule has 28 heavy (non-hydrogen) atoms. The van der Waals surface area contributed by atoms with Crippen LogP contribution in [-0.2, 0) is 14.8 Å². The molecular formula is C21H19NO4S2. The first-order valence-electron chi connectivity index (χ1n) is 9.00. The van der Waals surface area contributed by atoms with E-state index in [1.807, 2.05) is 42.5 Å². The second-order valence-electron chi connectivity index (χ2n) is 6.66. The SMILES string of the molecule is O=C(O)C(=Cc1cccc2ccccc12)c1ccc(S(=O)(=O)N2CCCC2)s1. The lowest BCUT2D eigenvalue weighted by atomic mass is 10.0. The van der Waals surface area contributed by atoms with Crippen molar-refractivity contribution in [3.05, 3.63) is 65.0 Å². The Balaban J connectivity index is 1.76. The second kappa shape index (κ2) is 7.50. The molecule has 0 radical (unpaired) electrons. The lowest BCUT2D eigenvalue weighted by Crippen LogP contribution is -2.27. The highest BCUT2D eigenvalue weighted by molar-refractivity contribution is 7.91. The van der Waals surface area contributed by atoms with E-state index in [1.54, 1.807) is 12.1 Å². The van der Waals surface area contributed by atoms with E-state index in [4.69, 9.17) is 0 Å². The van der Waals surface area contributed by atoms with E-state index in [0.717, 1.165) is 40.5 Å². The monoisotopic (exact) mass is 413 g/mol. The molecule has 0 saturated carbocycles. The number of nitrogens with zero attached hydrogens (tertiary/aromatic N) is 1. The number of sulfonamides is 1. The average Bonchev–Trinajstić information content (AvgIpc) is 3.38. The average molecular weight is 414 g/mol. The number of aliphatic carboxylic acids is 1. The Kier molecular flexibility index (Phi) is 5.05. The fourth-order valence-electron chi connectivity index (χ4n) is 3.43. The number of hydrogen-bond acceptors (Lipinski definition) is 4. The smallest absolute Gasteiger partial charge is 0.337 e. The molecule has 0 aliphatic carbocycles. The fraction of sp³-hybridized carbons (Fsp3) is 0.190. The standard InChI is InChI=1S/C21H19NO4S2/c23-21(24)18(14-16-8-5-7-15-6-1-2-9-17(15)16)19-10-11-20(27-19)28(25,26)22-12-3-4-13-22/h1-2,5-11,14H,3-4,12-13H2,(H,23,24). The van der Waals surface area contributed by atoms with Gasteiger partial charge in [-0.1, -0.05) is 42.5 Å². The molecule has 3 aromatic rings. The number of hydrogen-bond donors (Lipinski definition) is 1. The molecule has 0 spiro atoms. The minimum Gasteiger partial charge on any atom is -0.478 e. The minimum absolute atomic E-state index is 0.0872. The van der Waals surface area contributed by atoms with Crippen LogP contribution in [0.3, 0.4) is 0 Å². The molecule has 1 aromatic heterocycles. The van der Waals surface area contributed by atoms with E-state index >= 15 is 0 Å². The van der Waals surface area contributed by atoms with Gasteiger partial charge in [-0.05, 0) is 47.4 Å². The number of thiophene rings is 1. The highest BCUT2D eigenvalue weighted by Crippen LogP contribution is 2.33. The van der Waals surface area contributed by atoms with Crippen LogP contribution in [0.25, 0.3) is 22.4 Å². The van der Waals surface area contributed by atoms with Crippen molar-refractivity contribution in [2.45, 2.75) is 17.1 Å². The van der Waals surface area contributed by atoms with Crippen molar-refractivity contribution >= 4 is 49.8 Å². The third-order valence-corrected chi connectivity index (χ3v) is 8.34. The van der Waals surface area contributed by atoms with E-state index in [1.165, 1.54) is 10.4 Å². The Morgan fingerprint density at radius 1 is 1.00 bits per heavy atom. The number of carbonyl (C=O) groups is 1. The molecule has 1 aliphatic heterocycles. The summed E-state index contributed by atoms with van der Waals surface area (Å²) < 4.78 is 27.1. The lowest BCUT2D eigenvalue weighted by Gasteiger charge is -2.13. The zero-order valence-electron chi connectivity index (χ0n) is 15.0. The van der Waals surface area contributed by atoms with Gasteiger partial charge in [-0.25, -0.2) is 13.2 Å². The molecule has 1 fully saturated rings. The first kappa shape index (κ1) is 18.9. The van der Waals surface area contributed by atoms with Crippen molar-refractivity contribution in [3.63, 3.8) is 0 Å². The largest absolute Gasteiger partial charge is 0.478 e. The third-order valence-electron chi connectivity index (χ3n) is 4.86. The zero-order valence-corrected chi connectivity index (χ0v) is 16.7. The molecule has 2 heterocycles. The Hall–Kier alpha value is -2.48. The van der Waals surface area contributed by atoms with E-state index < -0.39 is 16.0 Å². The summed E-state index contributed by atoms with van der Waals surface area (Å²) in [6, 6.07) is 16.6. The molecule has 4 rings (SSSR count). The number of rotatable bonds is 5. The summed E-state index contributed by atoms with van der Waals surface area (Å²) in [4.78, 5) is 12.4. The summed E-state index contributed by atoms with van der Waals surface area (Å²) >= 11 is 1.01. The van der Waals surface area contributed by atoms with Crippen molar-refractivity contribution in [1.82, 2.24) is 4.31 Å². The van der Waals surface area contributed by atoms with E-state index in [0.29, 0.717) is 18.0 Å². The van der Waals surface area contributed by atoms with E-state index in [9.17, 15) is 18.3 Å². The second-order valence-corrected chi connectivity index (χ2v) is 9.91.